The average Bonchev–Trinajstić information content (AvgIpc) is 2.35. The van der Waals surface area contributed by atoms with E-state index in [4.69, 9.17) is 0 Å². The maximum atomic E-state index is 9.24. The summed E-state index contributed by atoms with van der Waals surface area (Å²) < 4.78 is 0. The summed E-state index contributed by atoms with van der Waals surface area (Å²) in [6.45, 7) is 9.15. The van der Waals surface area contributed by atoms with Gasteiger partial charge in [-0.15, -0.1) is 0 Å². The third kappa shape index (κ3) is 3.72. The number of benzene rings is 1. The van der Waals surface area contributed by atoms with Gasteiger partial charge in [0.15, 0.2) is 0 Å². The van der Waals surface area contributed by atoms with Crippen molar-refractivity contribution in [3.8, 4) is 5.75 Å². The van der Waals surface area contributed by atoms with Gasteiger partial charge in [0.05, 0.1) is 0 Å². The molecule has 0 atom stereocenters. The van der Waals surface area contributed by atoms with E-state index in [0.717, 1.165) is 19.6 Å². The molecule has 1 aliphatic rings. The first kappa shape index (κ1) is 12.4. The highest BCUT2D eigenvalue weighted by molar-refractivity contribution is 5.25. The summed E-state index contributed by atoms with van der Waals surface area (Å²) in [6.07, 6.45) is 1.25. The Kier molecular flexibility index (Phi) is 4.40. The van der Waals surface area contributed by atoms with E-state index >= 15 is 0 Å². The molecule has 3 nitrogen and oxygen atoms in total. The minimum Gasteiger partial charge on any atom is -0.508 e. The summed E-state index contributed by atoms with van der Waals surface area (Å²) in [5.41, 5.74) is 1.28. The van der Waals surface area contributed by atoms with Gasteiger partial charge in [0, 0.05) is 32.7 Å². The molecule has 1 aromatic carbocycles. The van der Waals surface area contributed by atoms with Crippen molar-refractivity contribution in [2.45, 2.75) is 19.9 Å². The maximum absolute atomic E-state index is 9.24. The van der Waals surface area contributed by atoms with Crippen LogP contribution in [-0.2, 0) is 6.54 Å². The van der Waals surface area contributed by atoms with Crippen LogP contribution in [0.4, 0.5) is 0 Å². The van der Waals surface area contributed by atoms with Gasteiger partial charge in [-0.2, -0.15) is 0 Å². The lowest BCUT2D eigenvalue weighted by atomic mass is 10.2. The van der Waals surface area contributed by atoms with Gasteiger partial charge in [-0.3, -0.25) is 4.90 Å². The molecule has 2 rings (SSSR count). The van der Waals surface area contributed by atoms with Crippen molar-refractivity contribution in [2.75, 3.05) is 32.7 Å². The number of phenolic OH excluding ortho intramolecular Hbond substituents is 1. The summed E-state index contributed by atoms with van der Waals surface area (Å²) in [6, 6.07) is 7.55. The van der Waals surface area contributed by atoms with Crippen molar-refractivity contribution < 1.29 is 5.11 Å². The summed E-state index contributed by atoms with van der Waals surface area (Å²) in [5.74, 6) is 0.349. The van der Waals surface area contributed by atoms with Gasteiger partial charge < -0.3 is 10.0 Å². The Morgan fingerprint density at radius 3 is 2.18 bits per heavy atom. The molecular formula is C14H22N2O. The van der Waals surface area contributed by atoms with E-state index in [-0.39, 0.29) is 0 Å². The SMILES string of the molecule is CCCN1CCN(Cc2ccc(O)cc2)CC1. The predicted molar refractivity (Wildman–Crippen MR) is 70.1 cm³/mol. The Hall–Kier alpha value is -1.06. The summed E-state index contributed by atoms with van der Waals surface area (Å²) in [7, 11) is 0. The summed E-state index contributed by atoms with van der Waals surface area (Å²) in [4.78, 5) is 5.02. The van der Waals surface area contributed by atoms with Gasteiger partial charge >= 0.3 is 0 Å². The van der Waals surface area contributed by atoms with Crippen molar-refractivity contribution >= 4 is 0 Å². The van der Waals surface area contributed by atoms with Crippen LogP contribution in [0.15, 0.2) is 24.3 Å². The van der Waals surface area contributed by atoms with Crippen molar-refractivity contribution in [1.82, 2.24) is 9.80 Å². The van der Waals surface area contributed by atoms with E-state index in [1.165, 1.54) is 31.6 Å². The molecule has 1 N–H and O–H groups in total. The fourth-order valence-corrected chi connectivity index (χ4v) is 2.35. The van der Waals surface area contributed by atoms with Crippen LogP contribution in [0.2, 0.25) is 0 Å². The molecule has 0 bridgehead atoms. The molecule has 3 heteroatoms. The molecule has 0 spiro atoms. The van der Waals surface area contributed by atoms with Crippen LogP contribution in [0, 0.1) is 0 Å². The van der Waals surface area contributed by atoms with Crippen LogP contribution in [0.5, 0.6) is 5.75 Å². The van der Waals surface area contributed by atoms with Crippen molar-refractivity contribution in [2.24, 2.45) is 0 Å². The number of hydrogen-bond donors (Lipinski definition) is 1. The number of hydrogen-bond acceptors (Lipinski definition) is 3. The Bertz CT molecular complexity index is 329. The maximum Gasteiger partial charge on any atom is 0.115 e. The highest BCUT2D eigenvalue weighted by atomic mass is 16.3. The highest BCUT2D eigenvalue weighted by Gasteiger charge is 2.15. The Labute approximate surface area is 104 Å². The topological polar surface area (TPSA) is 26.7 Å². The lowest BCUT2D eigenvalue weighted by Crippen LogP contribution is -2.45. The molecule has 1 aromatic rings. The lowest BCUT2D eigenvalue weighted by Gasteiger charge is -2.34. The van der Waals surface area contributed by atoms with Crippen LogP contribution >= 0.6 is 0 Å². The van der Waals surface area contributed by atoms with E-state index in [1.54, 1.807) is 12.1 Å². The minimum atomic E-state index is 0.349. The van der Waals surface area contributed by atoms with Crippen LogP contribution in [0.3, 0.4) is 0 Å². The Balaban J connectivity index is 1.79. The van der Waals surface area contributed by atoms with E-state index in [0.29, 0.717) is 5.75 Å². The first-order valence-corrected chi connectivity index (χ1v) is 6.50. The molecule has 1 saturated heterocycles. The fraction of sp³-hybridized carbons (Fsp3) is 0.571. The van der Waals surface area contributed by atoms with E-state index in [9.17, 15) is 5.11 Å². The number of nitrogens with zero attached hydrogens (tertiary/aromatic N) is 2. The molecule has 94 valence electrons. The van der Waals surface area contributed by atoms with Gasteiger partial charge in [0.2, 0.25) is 0 Å². The standard InChI is InChI=1S/C14H22N2O/c1-2-7-15-8-10-16(11-9-15)12-13-3-5-14(17)6-4-13/h3-6,17H,2,7-12H2,1H3. The van der Waals surface area contributed by atoms with E-state index in [2.05, 4.69) is 16.7 Å². The third-order valence-corrected chi connectivity index (χ3v) is 3.35. The molecule has 0 aliphatic carbocycles. The third-order valence-electron chi connectivity index (χ3n) is 3.35. The number of rotatable bonds is 4. The second-order valence-electron chi connectivity index (χ2n) is 4.78. The number of piperazine rings is 1. The second-order valence-corrected chi connectivity index (χ2v) is 4.78. The highest BCUT2D eigenvalue weighted by Crippen LogP contribution is 2.13. The molecular weight excluding hydrogens is 212 g/mol. The molecule has 1 heterocycles. The monoisotopic (exact) mass is 234 g/mol. The molecule has 1 fully saturated rings. The first-order chi connectivity index (χ1) is 8.28. The zero-order chi connectivity index (χ0) is 12.1. The molecule has 1 aliphatic heterocycles. The molecule has 17 heavy (non-hydrogen) atoms. The Morgan fingerprint density at radius 1 is 1.00 bits per heavy atom. The molecule has 0 radical (unpaired) electrons. The minimum absolute atomic E-state index is 0.349. The van der Waals surface area contributed by atoms with Crippen LogP contribution < -0.4 is 0 Å². The number of phenols is 1. The lowest BCUT2D eigenvalue weighted by molar-refractivity contribution is 0.127. The summed E-state index contributed by atoms with van der Waals surface area (Å²) in [5, 5.41) is 9.24. The molecule has 0 amide bonds. The van der Waals surface area contributed by atoms with Gasteiger partial charge in [0.1, 0.15) is 5.75 Å². The molecule has 0 unspecified atom stereocenters. The zero-order valence-electron chi connectivity index (χ0n) is 10.6. The van der Waals surface area contributed by atoms with Crippen molar-refractivity contribution in [1.29, 1.82) is 0 Å². The quantitative estimate of drug-likeness (QED) is 0.862. The Morgan fingerprint density at radius 2 is 1.59 bits per heavy atom. The zero-order valence-corrected chi connectivity index (χ0v) is 10.6. The van der Waals surface area contributed by atoms with Gasteiger partial charge in [-0.1, -0.05) is 19.1 Å². The van der Waals surface area contributed by atoms with E-state index < -0.39 is 0 Å². The van der Waals surface area contributed by atoms with E-state index in [1.807, 2.05) is 12.1 Å². The van der Waals surface area contributed by atoms with Crippen LogP contribution in [0.25, 0.3) is 0 Å². The smallest absolute Gasteiger partial charge is 0.115 e. The largest absolute Gasteiger partial charge is 0.508 e. The van der Waals surface area contributed by atoms with Crippen LogP contribution in [-0.4, -0.2) is 47.6 Å². The normalized spacial score (nSPS) is 18.4. The van der Waals surface area contributed by atoms with Crippen molar-refractivity contribution in [3.63, 3.8) is 0 Å². The number of aromatic hydroxyl groups is 1. The van der Waals surface area contributed by atoms with Crippen LogP contribution in [0.1, 0.15) is 18.9 Å². The predicted octanol–water partition coefficient (Wildman–Crippen LogP) is 1.92. The molecule has 0 saturated carbocycles. The summed E-state index contributed by atoms with van der Waals surface area (Å²) >= 11 is 0. The first-order valence-electron chi connectivity index (χ1n) is 6.50. The van der Waals surface area contributed by atoms with Crippen molar-refractivity contribution in [3.05, 3.63) is 29.8 Å². The fourth-order valence-electron chi connectivity index (χ4n) is 2.35. The van der Waals surface area contributed by atoms with Gasteiger partial charge in [-0.25, -0.2) is 0 Å². The van der Waals surface area contributed by atoms with Gasteiger partial charge in [0.25, 0.3) is 0 Å². The second kappa shape index (κ2) is 6.03. The van der Waals surface area contributed by atoms with Gasteiger partial charge in [-0.05, 0) is 30.7 Å². The molecule has 0 aromatic heterocycles. The average molecular weight is 234 g/mol.